The average molecular weight is 254 g/mol. The fourth-order valence-electron chi connectivity index (χ4n) is 1.75. The Bertz CT molecular complexity index is 580. The van der Waals surface area contributed by atoms with Crippen molar-refractivity contribution in [3.8, 4) is 6.07 Å². The molecule has 1 aromatic heterocycles. The van der Waals surface area contributed by atoms with Crippen molar-refractivity contribution >= 4 is 5.91 Å². The summed E-state index contributed by atoms with van der Waals surface area (Å²) in [5.74, 6) is -0.193. The number of hydrogen-bond donors (Lipinski definition) is 1. The van der Waals surface area contributed by atoms with E-state index in [2.05, 4.69) is 18.3 Å². The summed E-state index contributed by atoms with van der Waals surface area (Å²) in [5.41, 5.74) is 1.96. The maximum absolute atomic E-state index is 11.8. The summed E-state index contributed by atoms with van der Waals surface area (Å²) in [6.45, 7) is 2.06. The zero-order valence-corrected chi connectivity index (χ0v) is 10.6. The second kappa shape index (κ2) is 5.87. The molecule has 2 aromatic rings. The van der Waals surface area contributed by atoms with Crippen LogP contribution in [0.15, 0.2) is 47.1 Å². The van der Waals surface area contributed by atoms with E-state index in [-0.39, 0.29) is 5.76 Å². The molecule has 1 atom stereocenters. The van der Waals surface area contributed by atoms with Crippen LogP contribution in [0.4, 0.5) is 0 Å². The number of nitriles is 1. The predicted octanol–water partition coefficient (Wildman–Crippen LogP) is 2.84. The minimum Gasteiger partial charge on any atom is -0.459 e. The Labute approximate surface area is 111 Å². The molecule has 1 heterocycles. The second-order valence-corrected chi connectivity index (χ2v) is 4.11. The fourth-order valence-corrected chi connectivity index (χ4v) is 1.75. The summed E-state index contributed by atoms with van der Waals surface area (Å²) in [4.78, 5) is 11.8. The van der Waals surface area contributed by atoms with E-state index in [9.17, 15) is 4.79 Å². The van der Waals surface area contributed by atoms with Crippen molar-refractivity contribution in [1.82, 2.24) is 5.32 Å². The summed E-state index contributed by atoms with van der Waals surface area (Å²) in [5, 5.41) is 11.8. The van der Waals surface area contributed by atoms with Crippen LogP contribution >= 0.6 is 0 Å². The van der Waals surface area contributed by atoms with Crippen LogP contribution in [0.1, 0.15) is 34.6 Å². The van der Waals surface area contributed by atoms with Gasteiger partial charge in [-0.2, -0.15) is 5.26 Å². The van der Waals surface area contributed by atoms with E-state index in [1.807, 2.05) is 24.3 Å². The van der Waals surface area contributed by atoms with Gasteiger partial charge in [-0.15, -0.1) is 0 Å². The lowest BCUT2D eigenvalue weighted by Crippen LogP contribution is -2.27. The third-order valence-corrected chi connectivity index (χ3v) is 2.87. The molecule has 0 aliphatic carbocycles. The molecule has 1 unspecified atom stereocenters. The lowest BCUT2D eigenvalue weighted by Gasteiger charge is -2.11. The van der Waals surface area contributed by atoms with Gasteiger partial charge in [0.25, 0.3) is 5.91 Å². The second-order valence-electron chi connectivity index (χ2n) is 4.11. The lowest BCUT2D eigenvalue weighted by molar-refractivity contribution is 0.0917. The number of carbonyl (C=O) groups is 1. The molecule has 4 heteroatoms. The molecule has 0 bridgehead atoms. The first-order valence-electron chi connectivity index (χ1n) is 6.07. The molecule has 96 valence electrons. The van der Waals surface area contributed by atoms with Gasteiger partial charge in [0.2, 0.25) is 0 Å². The van der Waals surface area contributed by atoms with E-state index in [4.69, 9.17) is 9.68 Å². The van der Waals surface area contributed by atoms with Crippen LogP contribution in [0.2, 0.25) is 0 Å². The van der Waals surface area contributed by atoms with Crippen molar-refractivity contribution in [2.75, 3.05) is 0 Å². The van der Waals surface area contributed by atoms with Crippen LogP contribution in [-0.4, -0.2) is 5.91 Å². The zero-order chi connectivity index (χ0) is 13.7. The average Bonchev–Trinajstić information content (AvgIpc) is 2.99. The summed E-state index contributed by atoms with van der Waals surface area (Å²) in [7, 11) is 0. The van der Waals surface area contributed by atoms with Gasteiger partial charge in [0.15, 0.2) is 5.76 Å². The van der Waals surface area contributed by atoms with Crippen molar-refractivity contribution in [2.45, 2.75) is 19.4 Å². The topological polar surface area (TPSA) is 66.0 Å². The number of furan rings is 1. The van der Waals surface area contributed by atoms with Crippen LogP contribution in [0.5, 0.6) is 0 Å². The molecule has 4 nitrogen and oxygen atoms in total. The molecule has 0 fully saturated rings. The van der Waals surface area contributed by atoms with E-state index >= 15 is 0 Å². The Balaban J connectivity index is 2.12. The third kappa shape index (κ3) is 3.02. The van der Waals surface area contributed by atoms with Gasteiger partial charge in [0.05, 0.1) is 12.3 Å². The van der Waals surface area contributed by atoms with Gasteiger partial charge in [0, 0.05) is 0 Å². The van der Waals surface area contributed by atoms with Crippen molar-refractivity contribution < 1.29 is 9.21 Å². The van der Waals surface area contributed by atoms with Crippen LogP contribution in [0.3, 0.4) is 0 Å². The third-order valence-electron chi connectivity index (χ3n) is 2.87. The molecule has 1 N–H and O–H groups in total. The van der Waals surface area contributed by atoms with Crippen molar-refractivity contribution in [2.24, 2.45) is 0 Å². The number of nitrogens with one attached hydrogen (secondary N) is 1. The number of nitrogens with zero attached hydrogens (tertiary/aromatic N) is 1. The largest absolute Gasteiger partial charge is 0.459 e. The van der Waals surface area contributed by atoms with Gasteiger partial charge in [-0.25, -0.2) is 0 Å². The smallest absolute Gasteiger partial charge is 0.288 e. The first kappa shape index (κ1) is 12.9. The molecule has 19 heavy (non-hydrogen) atoms. The monoisotopic (exact) mass is 254 g/mol. The highest BCUT2D eigenvalue weighted by molar-refractivity contribution is 5.91. The number of aryl methyl sites for hydroxylation is 1. The maximum atomic E-state index is 11.8. The quantitative estimate of drug-likeness (QED) is 0.912. The number of benzene rings is 1. The zero-order valence-electron chi connectivity index (χ0n) is 10.6. The van der Waals surface area contributed by atoms with Gasteiger partial charge in [0.1, 0.15) is 6.04 Å². The Morgan fingerprint density at radius 1 is 1.37 bits per heavy atom. The van der Waals surface area contributed by atoms with Gasteiger partial charge < -0.3 is 9.73 Å². The Kier molecular flexibility index (Phi) is 3.99. The Morgan fingerprint density at radius 2 is 2.11 bits per heavy atom. The first-order chi connectivity index (χ1) is 9.24. The molecule has 0 spiro atoms. The SMILES string of the molecule is CCc1ccc(C(C#N)NC(=O)c2ccco2)cc1. The van der Waals surface area contributed by atoms with Crippen molar-refractivity contribution in [1.29, 1.82) is 5.26 Å². The van der Waals surface area contributed by atoms with Crippen LogP contribution in [0.25, 0.3) is 0 Å². The maximum Gasteiger partial charge on any atom is 0.288 e. The van der Waals surface area contributed by atoms with Gasteiger partial charge in [-0.05, 0) is 29.7 Å². The molecule has 2 rings (SSSR count). The van der Waals surface area contributed by atoms with Crippen LogP contribution in [0, 0.1) is 11.3 Å². The molecule has 1 aromatic carbocycles. The highest BCUT2D eigenvalue weighted by Crippen LogP contribution is 2.14. The number of hydrogen-bond acceptors (Lipinski definition) is 3. The van der Waals surface area contributed by atoms with E-state index in [0.29, 0.717) is 0 Å². The van der Waals surface area contributed by atoms with Crippen LogP contribution in [-0.2, 0) is 6.42 Å². The minimum absolute atomic E-state index is 0.199. The van der Waals surface area contributed by atoms with E-state index in [1.54, 1.807) is 12.1 Å². The summed E-state index contributed by atoms with van der Waals surface area (Å²) in [6.07, 6.45) is 2.36. The molecule has 0 aliphatic heterocycles. The van der Waals surface area contributed by atoms with Crippen molar-refractivity contribution in [3.05, 3.63) is 59.5 Å². The lowest BCUT2D eigenvalue weighted by atomic mass is 10.0. The molecule has 0 aliphatic rings. The van der Waals surface area contributed by atoms with Gasteiger partial charge in [-0.3, -0.25) is 4.79 Å². The van der Waals surface area contributed by atoms with Crippen molar-refractivity contribution in [3.63, 3.8) is 0 Å². The first-order valence-corrected chi connectivity index (χ1v) is 6.07. The van der Waals surface area contributed by atoms with E-state index in [0.717, 1.165) is 12.0 Å². The van der Waals surface area contributed by atoms with E-state index < -0.39 is 11.9 Å². The number of amides is 1. The van der Waals surface area contributed by atoms with Crippen LogP contribution < -0.4 is 5.32 Å². The molecular formula is C15H14N2O2. The normalized spacial score (nSPS) is 11.6. The predicted molar refractivity (Wildman–Crippen MR) is 70.3 cm³/mol. The highest BCUT2D eigenvalue weighted by atomic mass is 16.3. The molecular weight excluding hydrogens is 240 g/mol. The molecule has 1 amide bonds. The summed E-state index contributed by atoms with van der Waals surface area (Å²) < 4.78 is 4.99. The highest BCUT2D eigenvalue weighted by Gasteiger charge is 2.16. The van der Waals surface area contributed by atoms with E-state index in [1.165, 1.54) is 11.8 Å². The Morgan fingerprint density at radius 3 is 2.63 bits per heavy atom. The molecule has 0 saturated carbocycles. The summed E-state index contributed by atoms with van der Waals surface area (Å²) in [6, 6.07) is 12.2. The number of rotatable bonds is 4. The Hall–Kier alpha value is -2.54. The standard InChI is InChI=1S/C15H14N2O2/c1-2-11-5-7-12(8-6-11)13(10-16)17-15(18)14-4-3-9-19-14/h3-9,13H,2H2,1H3,(H,17,18). The van der Waals surface area contributed by atoms with Gasteiger partial charge >= 0.3 is 0 Å². The summed E-state index contributed by atoms with van der Waals surface area (Å²) >= 11 is 0. The number of carbonyl (C=O) groups excluding carboxylic acids is 1. The minimum atomic E-state index is -0.677. The fraction of sp³-hybridized carbons (Fsp3) is 0.200. The molecule has 0 saturated heterocycles. The van der Waals surface area contributed by atoms with Gasteiger partial charge in [-0.1, -0.05) is 31.2 Å². The molecule has 0 radical (unpaired) electrons.